The van der Waals surface area contributed by atoms with E-state index in [0.717, 1.165) is 6.42 Å². The molecular formula is C13H14N4O3. The molecule has 7 heteroatoms. The lowest BCUT2D eigenvalue weighted by Gasteiger charge is -2.07. The maximum absolute atomic E-state index is 11.8. The molecule has 1 aromatic carbocycles. The van der Waals surface area contributed by atoms with E-state index in [0.29, 0.717) is 17.8 Å². The molecule has 0 aliphatic carbocycles. The minimum atomic E-state index is -0.469. The predicted octanol–water partition coefficient (Wildman–Crippen LogP) is 1.81. The summed E-state index contributed by atoms with van der Waals surface area (Å²) >= 11 is 0. The van der Waals surface area contributed by atoms with Crippen molar-refractivity contribution in [3.05, 3.63) is 50.8 Å². The fourth-order valence-electron chi connectivity index (χ4n) is 1.82. The van der Waals surface area contributed by atoms with Crippen LogP contribution in [-0.2, 0) is 6.54 Å². The summed E-state index contributed by atoms with van der Waals surface area (Å²) in [4.78, 5) is 21.9. The summed E-state index contributed by atoms with van der Waals surface area (Å²) in [6, 6.07) is 7.43. The molecule has 0 aliphatic heterocycles. The molecule has 1 aromatic heterocycles. The first-order valence-electron chi connectivity index (χ1n) is 6.15. The Kier molecular flexibility index (Phi) is 3.79. The SMILES string of the molecule is CCCn1nc(-c2ccc([N+](=O)[O-])cc2)cc(N)c1=O. The Labute approximate surface area is 114 Å². The molecule has 104 valence electrons. The van der Waals surface area contributed by atoms with Crippen LogP contribution in [0.4, 0.5) is 11.4 Å². The molecule has 0 bridgehead atoms. The van der Waals surface area contributed by atoms with Crippen molar-refractivity contribution in [1.29, 1.82) is 0 Å². The van der Waals surface area contributed by atoms with Crippen molar-refractivity contribution in [3.63, 3.8) is 0 Å². The van der Waals surface area contributed by atoms with Crippen LogP contribution in [0.2, 0.25) is 0 Å². The minimum absolute atomic E-state index is 0.00333. The van der Waals surface area contributed by atoms with Gasteiger partial charge in [-0.05, 0) is 24.6 Å². The first kappa shape index (κ1) is 13.7. The lowest BCUT2D eigenvalue weighted by Crippen LogP contribution is -2.25. The van der Waals surface area contributed by atoms with E-state index in [2.05, 4.69) is 5.10 Å². The molecule has 0 spiro atoms. The number of nitrogen functional groups attached to an aromatic ring is 1. The average molecular weight is 274 g/mol. The highest BCUT2D eigenvalue weighted by Crippen LogP contribution is 2.20. The molecule has 7 nitrogen and oxygen atoms in total. The van der Waals surface area contributed by atoms with Gasteiger partial charge < -0.3 is 5.73 Å². The van der Waals surface area contributed by atoms with Crippen LogP contribution in [0.5, 0.6) is 0 Å². The van der Waals surface area contributed by atoms with Crippen LogP contribution in [0.3, 0.4) is 0 Å². The van der Waals surface area contributed by atoms with Gasteiger partial charge in [0.2, 0.25) is 0 Å². The first-order chi connectivity index (χ1) is 9.52. The van der Waals surface area contributed by atoms with Crippen LogP contribution in [0.25, 0.3) is 11.3 Å². The van der Waals surface area contributed by atoms with E-state index < -0.39 is 4.92 Å². The maximum atomic E-state index is 11.8. The lowest BCUT2D eigenvalue weighted by molar-refractivity contribution is -0.384. The Hall–Kier alpha value is -2.70. The summed E-state index contributed by atoms with van der Waals surface area (Å²) < 4.78 is 1.31. The van der Waals surface area contributed by atoms with E-state index in [4.69, 9.17) is 5.73 Å². The number of non-ortho nitro benzene ring substituents is 1. The van der Waals surface area contributed by atoms with Crippen LogP contribution in [-0.4, -0.2) is 14.7 Å². The monoisotopic (exact) mass is 274 g/mol. The molecule has 0 aliphatic rings. The molecule has 0 saturated heterocycles. The van der Waals surface area contributed by atoms with Crippen LogP contribution < -0.4 is 11.3 Å². The zero-order valence-corrected chi connectivity index (χ0v) is 10.9. The van der Waals surface area contributed by atoms with Gasteiger partial charge in [0.25, 0.3) is 11.2 Å². The van der Waals surface area contributed by atoms with Crippen molar-refractivity contribution in [1.82, 2.24) is 9.78 Å². The highest BCUT2D eigenvalue weighted by Gasteiger charge is 2.09. The number of anilines is 1. The van der Waals surface area contributed by atoms with Crippen LogP contribution >= 0.6 is 0 Å². The smallest absolute Gasteiger partial charge is 0.289 e. The Morgan fingerprint density at radius 1 is 1.35 bits per heavy atom. The Bertz CT molecular complexity index is 692. The normalized spacial score (nSPS) is 10.4. The number of nitrogens with two attached hydrogens (primary N) is 1. The number of nitro groups is 1. The van der Waals surface area contributed by atoms with Gasteiger partial charge in [-0.15, -0.1) is 0 Å². The summed E-state index contributed by atoms with van der Waals surface area (Å²) in [5.74, 6) is 0. The van der Waals surface area contributed by atoms with Crippen LogP contribution in [0.15, 0.2) is 35.1 Å². The van der Waals surface area contributed by atoms with Crippen molar-refractivity contribution in [2.24, 2.45) is 0 Å². The molecule has 0 fully saturated rings. The topological polar surface area (TPSA) is 104 Å². The van der Waals surface area contributed by atoms with Crippen LogP contribution in [0, 0.1) is 10.1 Å². The summed E-state index contributed by atoms with van der Waals surface area (Å²) in [5, 5.41) is 14.8. The van der Waals surface area contributed by atoms with Crippen molar-refractivity contribution in [3.8, 4) is 11.3 Å². The summed E-state index contributed by atoms with van der Waals surface area (Å²) in [5.41, 5.74) is 6.67. The number of rotatable bonds is 4. The van der Waals surface area contributed by atoms with Crippen molar-refractivity contribution < 1.29 is 4.92 Å². The van der Waals surface area contributed by atoms with E-state index in [9.17, 15) is 14.9 Å². The largest absolute Gasteiger partial charge is 0.394 e. The van der Waals surface area contributed by atoms with Gasteiger partial charge >= 0.3 is 0 Å². The molecule has 2 rings (SSSR count). The maximum Gasteiger partial charge on any atom is 0.289 e. The quantitative estimate of drug-likeness (QED) is 0.676. The molecular weight excluding hydrogens is 260 g/mol. The van der Waals surface area contributed by atoms with E-state index in [1.807, 2.05) is 6.92 Å². The standard InChI is InChI=1S/C13H14N4O3/c1-2-7-16-13(18)11(14)8-12(15-16)9-3-5-10(6-4-9)17(19)20/h3-6,8H,2,7,14H2,1H3. The summed E-state index contributed by atoms with van der Waals surface area (Å²) in [7, 11) is 0. The second-order valence-electron chi connectivity index (χ2n) is 4.32. The molecule has 0 atom stereocenters. The van der Waals surface area contributed by atoms with Crippen molar-refractivity contribution in [2.45, 2.75) is 19.9 Å². The van der Waals surface area contributed by atoms with Gasteiger partial charge in [-0.25, -0.2) is 4.68 Å². The highest BCUT2D eigenvalue weighted by molar-refractivity contribution is 5.63. The Balaban J connectivity index is 2.47. The fourth-order valence-corrected chi connectivity index (χ4v) is 1.82. The molecule has 2 aromatic rings. The van der Waals surface area contributed by atoms with Gasteiger partial charge in [-0.2, -0.15) is 5.10 Å². The first-order valence-corrected chi connectivity index (χ1v) is 6.15. The van der Waals surface area contributed by atoms with Gasteiger partial charge in [-0.3, -0.25) is 14.9 Å². The van der Waals surface area contributed by atoms with Gasteiger partial charge in [0.05, 0.1) is 10.6 Å². The molecule has 1 heterocycles. The molecule has 2 N–H and O–H groups in total. The predicted molar refractivity (Wildman–Crippen MR) is 75.3 cm³/mol. The average Bonchev–Trinajstić information content (AvgIpc) is 2.44. The zero-order valence-electron chi connectivity index (χ0n) is 10.9. The summed E-state index contributed by atoms with van der Waals surface area (Å²) in [6.07, 6.45) is 0.760. The van der Waals surface area contributed by atoms with E-state index in [1.54, 1.807) is 12.1 Å². The van der Waals surface area contributed by atoms with Gasteiger partial charge in [-0.1, -0.05) is 6.92 Å². The van der Waals surface area contributed by atoms with Gasteiger partial charge in [0.1, 0.15) is 5.69 Å². The number of benzene rings is 1. The second-order valence-corrected chi connectivity index (χ2v) is 4.32. The number of aromatic nitrogens is 2. The van der Waals surface area contributed by atoms with E-state index in [-0.39, 0.29) is 16.9 Å². The summed E-state index contributed by atoms with van der Waals surface area (Å²) in [6.45, 7) is 2.41. The van der Waals surface area contributed by atoms with E-state index >= 15 is 0 Å². The molecule has 0 unspecified atom stereocenters. The molecule has 0 radical (unpaired) electrons. The molecule has 0 amide bonds. The third-order valence-corrected chi connectivity index (χ3v) is 2.81. The number of aryl methyl sites for hydroxylation is 1. The molecule has 20 heavy (non-hydrogen) atoms. The fraction of sp³-hybridized carbons (Fsp3) is 0.231. The Morgan fingerprint density at radius 3 is 2.55 bits per heavy atom. The van der Waals surface area contributed by atoms with E-state index in [1.165, 1.54) is 22.9 Å². The number of nitrogens with zero attached hydrogens (tertiary/aromatic N) is 3. The number of hydrogen-bond donors (Lipinski definition) is 1. The molecule has 0 saturated carbocycles. The Morgan fingerprint density at radius 2 is 2.00 bits per heavy atom. The van der Waals surface area contributed by atoms with Crippen LogP contribution in [0.1, 0.15) is 13.3 Å². The third kappa shape index (κ3) is 2.66. The highest BCUT2D eigenvalue weighted by atomic mass is 16.6. The van der Waals surface area contributed by atoms with Crippen molar-refractivity contribution in [2.75, 3.05) is 5.73 Å². The van der Waals surface area contributed by atoms with Gasteiger partial charge in [0, 0.05) is 24.2 Å². The second kappa shape index (κ2) is 5.52. The van der Waals surface area contributed by atoms with Crippen molar-refractivity contribution >= 4 is 11.4 Å². The minimum Gasteiger partial charge on any atom is -0.394 e. The lowest BCUT2D eigenvalue weighted by atomic mass is 10.1. The number of hydrogen-bond acceptors (Lipinski definition) is 5. The zero-order chi connectivity index (χ0) is 14.7. The van der Waals surface area contributed by atoms with Gasteiger partial charge in [0.15, 0.2) is 0 Å². The third-order valence-electron chi connectivity index (χ3n) is 2.81. The number of nitro benzene ring substituents is 1.